The molecular weight excluding hydrogens is 586 g/mol. The van der Waals surface area contributed by atoms with Crippen molar-refractivity contribution in [2.45, 2.75) is 58.7 Å². The first-order chi connectivity index (χ1) is 21.5. The van der Waals surface area contributed by atoms with Crippen LogP contribution in [0.1, 0.15) is 62.3 Å². The molecule has 0 unspecified atom stereocenters. The van der Waals surface area contributed by atoms with E-state index in [0.717, 1.165) is 40.7 Å². The number of aliphatic hydroxyl groups excluding tert-OH is 1. The minimum atomic E-state index is -1.54. The summed E-state index contributed by atoms with van der Waals surface area (Å²) in [5, 5.41) is 26.0. The van der Waals surface area contributed by atoms with Crippen molar-refractivity contribution in [3.63, 3.8) is 0 Å². The second-order valence-corrected chi connectivity index (χ2v) is 14.6. The molecule has 2 aromatic heterocycles. The first-order valence-electron chi connectivity index (χ1n) is 15.6. The number of aromatic nitrogens is 2. The number of esters is 1. The van der Waals surface area contributed by atoms with Gasteiger partial charge in [0.05, 0.1) is 41.8 Å². The molecule has 3 aromatic rings. The number of carbonyl (C=O) groups excluding carboxylic acids is 2. The molecule has 2 saturated carbocycles. The monoisotopic (exact) mass is 623 g/mol. The lowest BCUT2D eigenvalue weighted by atomic mass is 9.46. The van der Waals surface area contributed by atoms with E-state index in [0.29, 0.717) is 12.8 Å². The van der Waals surface area contributed by atoms with Gasteiger partial charge in [-0.25, -0.2) is 9.48 Å². The van der Waals surface area contributed by atoms with Crippen LogP contribution in [-0.4, -0.2) is 43.4 Å². The second-order valence-electron chi connectivity index (χ2n) is 13.7. The molecule has 0 amide bonds. The Balaban J connectivity index is 1.31. The maximum absolute atomic E-state index is 14.2. The largest absolute Gasteiger partial charge is 0.457 e. The molecule has 0 bridgehead atoms. The molecule has 2 fully saturated rings. The Morgan fingerprint density at radius 3 is 2.71 bits per heavy atom. The zero-order chi connectivity index (χ0) is 31.7. The smallest absolute Gasteiger partial charge is 0.375 e. The molecule has 7 rings (SSSR count). The summed E-state index contributed by atoms with van der Waals surface area (Å²) in [6.07, 6.45) is 8.79. The van der Waals surface area contributed by atoms with E-state index >= 15 is 0 Å². The van der Waals surface area contributed by atoms with E-state index in [1.165, 1.54) is 17.9 Å². The van der Waals surface area contributed by atoms with Crippen LogP contribution in [0, 0.1) is 45.8 Å². The van der Waals surface area contributed by atoms with Gasteiger partial charge in [-0.15, -0.1) is 0 Å². The highest BCUT2D eigenvalue weighted by molar-refractivity contribution is 8.14. The van der Waals surface area contributed by atoms with E-state index in [9.17, 15) is 20.0 Å². The fourth-order valence-electron chi connectivity index (χ4n) is 9.65. The summed E-state index contributed by atoms with van der Waals surface area (Å²) in [7, 11) is 0. The van der Waals surface area contributed by atoms with Crippen LogP contribution in [-0.2, 0) is 16.0 Å². The van der Waals surface area contributed by atoms with Crippen LogP contribution in [0.5, 0.6) is 0 Å². The van der Waals surface area contributed by atoms with Crippen molar-refractivity contribution in [3.8, 4) is 11.8 Å². The van der Waals surface area contributed by atoms with Crippen molar-refractivity contribution in [2.75, 3.05) is 5.75 Å². The molecule has 8 atom stereocenters. The maximum atomic E-state index is 14.2. The molecule has 0 spiro atoms. The number of para-hydroxylation sites is 1. The highest BCUT2D eigenvalue weighted by Gasteiger charge is 2.73. The van der Waals surface area contributed by atoms with Gasteiger partial charge >= 0.3 is 5.97 Å². The molecule has 232 valence electrons. The summed E-state index contributed by atoms with van der Waals surface area (Å²) < 4.78 is 13.6. The van der Waals surface area contributed by atoms with Gasteiger partial charge in [-0.1, -0.05) is 62.4 Å². The molecule has 8 nitrogen and oxygen atoms in total. The lowest BCUT2D eigenvalue weighted by molar-refractivity contribution is -0.172. The van der Waals surface area contributed by atoms with Crippen molar-refractivity contribution < 1.29 is 23.8 Å². The van der Waals surface area contributed by atoms with E-state index < -0.39 is 23.1 Å². The summed E-state index contributed by atoms with van der Waals surface area (Å²) in [5.74, 6) is -1.28. The van der Waals surface area contributed by atoms with E-state index in [1.54, 1.807) is 6.07 Å². The molecule has 2 heterocycles. The van der Waals surface area contributed by atoms with Gasteiger partial charge in [0.2, 0.25) is 10.9 Å². The van der Waals surface area contributed by atoms with Crippen molar-refractivity contribution >= 4 is 28.9 Å². The lowest BCUT2D eigenvalue weighted by Gasteiger charge is -2.59. The van der Waals surface area contributed by atoms with Gasteiger partial charge in [-0.3, -0.25) is 4.79 Å². The summed E-state index contributed by atoms with van der Waals surface area (Å²) in [5.41, 5.74) is 2.80. The van der Waals surface area contributed by atoms with Gasteiger partial charge in [-0.2, -0.15) is 10.4 Å². The van der Waals surface area contributed by atoms with Crippen LogP contribution >= 0.6 is 11.8 Å². The standard InChI is InChI=1S/C36H37N3O5S/c1-21-15-25-27-16-22(2)36(33(42)45-14-12-37,44-32(41)30-11-8-13-43-30)35(27,4)19-29(40)31(25)34(3)18-23-20-38-39(28(23)17-26(21)34)24-9-6-5-7-10-24/h5-11,13,15,17,20,22,25,27,29,31,40H,14,16,18-19H2,1-4H3/t22-,25+,27+,29+,31-,34+,35+,36+/m1/s1. The average Bonchev–Trinajstić information content (AvgIpc) is 3.74. The highest BCUT2D eigenvalue weighted by atomic mass is 32.2. The Morgan fingerprint density at radius 1 is 1.22 bits per heavy atom. The summed E-state index contributed by atoms with van der Waals surface area (Å²) in [6.45, 7) is 8.37. The fourth-order valence-corrected chi connectivity index (χ4v) is 10.5. The number of hydrogen-bond acceptors (Lipinski definition) is 8. The number of benzene rings is 1. The molecule has 1 aromatic carbocycles. The quantitative estimate of drug-likeness (QED) is 0.324. The number of nitriles is 1. The number of fused-ring (bicyclic) bond motifs is 6. The van der Waals surface area contributed by atoms with E-state index in [2.05, 4.69) is 26.0 Å². The number of thioether (sulfide) groups is 1. The van der Waals surface area contributed by atoms with Crippen molar-refractivity contribution in [1.29, 1.82) is 5.26 Å². The van der Waals surface area contributed by atoms with Crippen molar-refractivity contribution in [1.82, 2.24) is 9.78 Å². The van der Waals surface area contributed by atoms with E-state index in [-0.39, 0.29) is 45.7 Å². The molecule has 4 aliphatic rings. The molecular formula is C36H37N3O5S. The van der Waals surface area contributed by atoms with Gasteiger partial charge in [-0.05, 0) is 79.5 Å². The average molecular weight is 624 g/mol. The number of furan rings is 1. The topological polar surface area (TPSA) is 118 Å². The fraction of sp³-hybridized carbons (Fsp3) is 0.444. The number of rotatable bonds is 5. The number of allylic oxidation sites excluding steroid dienone is 3. The zero-order valence-corrected chi connectivity index (χ0v) is 26.7. The first kappa shape index (κ1) is 29.8. The van der Waals surface area contributed by atoms with E-state index in [1.807, 2.05) is 61.1 Å². The minimum Gasteiger partial charge on any atom is -0.457 e. The van der Waals surface area contributed by atoms with Gasteiger partial charge in [0.25, 0.3) is 0 Å². The van der Waals surface area contributed by atoms with Crippen LogP contribution in [0.25, 0.3) is 11.8 Å². The molecule has 0 aliphatic heterocycles. The number of ether oxygens (including phenoxy) is 1. The zero-order valence-electron chi connectivity index (χ0n) is 25.9. The summed E-state index contributed by atoms with van der Waals surface area (Å²) in [6, 6.07) is 15.3. The predicted molar refractivity (Wildman–Crippen MR) is 170 cm³/mol. The van der Waals surface area contributed by atoms with Gasteiger partial charge < -0.3 is 14.3 Å². The van der Waals surface area contributed by atoms with Crippen LogP contribution in [0.2, 0.25) is 0 Å². The third-order valence-electron chi connectivity index (χ3n) is 11.4. The SMILES string of the molecule is CC1=C[C@@H]2[C@H]([C@@H](O)C[C@@]3(C)[C@H]2C[C@@H](C)[C@]3(OC(=O)c2ccco2)C(=O)SCC#N)[C@@]2(C)Cc3cnn(-c4ccccc4)c3C=C12. The van der Waals surface area contributed by atoms with Crippen molar-refractivity contribution in [3.05, 3.63) is 89.2 Å². The van der Waals surface area contributed by atoms with Crippen LogP contribution < -0.4 is 0 Å². The number of nitrogens with zero attached hydrogens (tertiary/aromatic N) is 3. The Hall–Kier alpha value is -3.87. The minimum absolute atomic E-state index is 0.0192. The Kier molecular flexibility index (Phi) is 7.03. The highest BCUT2D eigenvalue weighted by Crippen LogP contribution is 2.69. The Labute approximate surface area is 267 Å². The molecule has 1 N–H and O–H groups in total. The Bertz CT molecular complexity index is 1770. The molecule has 9 heteroatoms. The van der Waals surface area contributed by atoms with Crippen LogP contribution in [0.3, 0.4) is 0 Å². The Morgan fingerprint density at radius 2 is 2.00 bits per heavy atom. The molecule has 0 radical (unpaired) electrons. The third-order valence-corrected chi connectivity index (χ3v) is 12.2. The summed E-state index contributed by atoms with van der Waals surface area (Å²) >= 11 is 0.888. The number of carbonyl (C=O) groups is 2. The van der Waals surface area contributed by atoms with Crippen LogP contribution in [0.15, 0.2) is 76.6 Å². The van der Waals surface area contributed by atoms with Crippen molar-refractivity contribution in [2.24, 2.45) is 34.5 Å². The maximum Gasteiger partial charge on any atom is 0.375 e. The summed E-state index contributed by atoms with van der Waals surface area (Å²) in [4.78, 5) is 27.6. The lowest BCUT2D eigenvalue weighted by Crippen LogP contribution is -2.63. The second kappa shape index (κ2) is 10.6. The van der Waals surface area contributed by atoms with E-state index in [4.69, 9.17) is 14.3 Å². The van der Waals surface area contributed by atoms with Gasteiger partial charge in [0.1, 0.15) is 0 Å². The third kappa shape index (κ3) is 4.18. The number of aliphatic hydroxyl groups is 1. The first-order valence-corrected chi connectivity index (χ1v) is 16.6. The van der Waals surface area contributed by atoms with Crippen LogP contribution in [0.4, 0.5) is 0 Å². The normalized spacial score (nSPS) is 34.7. The molecule has 0 saturated heterocycles. The van der Waals surface area contributed by atoms with Gasteiger partial charge in [0, 0.05) is 22.7 Å². The predicted octanol–water partition coefficient (Wildman–Crippen LogP) is 6.41. The number of hydrogen-bond donors (Lipinski definition) is 1. The molecule has 4 aliphatic carbocycles. The van der Waals surface area contributed by atoms with Gasteiger partial charge in [0.15, 0.2) is 5.60 Å². The molecule has 45 heavy (non-hydrogen) atoms.